The van der Waals surface area contributed by atoms with E-state index in [1.165, 1.54) is 17.6 Å². The third-order valence-corrected chi connectivity index (χ3v) is 2.46. The first-order chi connectivity index (χ1) is 7.56. The predicted molar refractivity (Wildman–Crippen MR) is 74.7 cm³/mol. The Kier molecular flexibility index (Phi) is 8.93. The Bertz CT molecular complexity index is 255. The molecule has 0 aliphatic rings. The summed E-state index contributed by atoms with van der Waals surface area (Å²) in [6.07, 6.45) is 11.2. The van der Waals surface area contributed by atoms with Crippen molar-refractivity contribution in [1.82, 2.24) is 5.32 Å². The Morgan fingerprint density at radius 1 is 1.19 bits per heavy atom. The molecule has 1 nitrogen and oxygen atoms in total. The summed E-state index contributed by atoms with van der Waals surface area (Å²) in [5, 5.41) is 3.44. The average molecular weight is 221 g/mol. The van der Waals surface area contributed by atoms with Crippen molar-refractivity contribution in [3.8, 4) is 0 Å². The molecule has 0 amide bonds. The molecule has 0 bridgehead atoms. The molecule has 1 heteroatoms. The van der Waals surface area contributed by atoms with Gasteiger partial charge in [-0.25, -0.2) is 0 Å². The van der Waals surface area contributed by atoms with Crippen LogP contribution in [0.15, 0.2) is 35.5 Å². The van der Waals surface area contributed by atoms with Crippen molar-refractivity contribution >= 4 is 0 Å². The zero-order valence-electron chi connectivity index (χ0n) is 11.5. The number of nitrogens with one attached hydrogen (secondary N) is 1. The van der Waals surface area contributed by atoms with Gasteiger partial charge in [0.2, 0.25) is 0 Å². The molecule has 0 aromatic carbocycles. The second-order valence-electron chi connectivity index (χ2n) is 4.59. The van der Waals surface area contributed by atoms with Gasteiger partial charge in [0.05, 0.1) is 0 Å². The molecular formula is C15H27N. The fourth-order valence-electron chi connectivity index (χ4n) is 1.47. The van der Waals surface area contributed by atoms with Crippen molar-refractivity contribution in [3.05, 3.63) is 35.5 Å². The van der Waals surface area contributed by atoms with Gasteiger partial charge in [0.25, 0.3) is 0 Å². The van der Waals surface area contributed by atoms with Gasteiger partial charge in [-0.1, -0.05) is 35.5 Å². The molecule has 1 unspecified atom stereocenters. The van der Waals surface area contributed by atoms with E-state index in [9.17, 15) is 0 Å². The first-order valence-electron chi connectivity index (χ1n) is 6.21. The molecule has 0 spiro atoms. The Hall–Kier alpha value is -0.820. The molecule has 16 heavy (non-hydrogen) atoms. The molecule has 0 aliphatic heterocycles. The highest BCUT2D eigenvalue weighted by molar-refractivity contribution is 5.03. The first kappa shape index (κ1) is 15.2. The van der Waals surface area contributed by atoms with Gasteiger partial charge in [-0.05, 0) is 47.5 Å². The first-order valence-corrected chi connectivity index (χ1v) is 6.21. The lowest BCUT2D eigenvalue weighted by Gasteiger charge is -2.07. The van der Waals surface area contributed by atoms with E-state index in [-0.39, 0.29) is 0 Å². The zero-order chi connectivity index (χ0) is 12.4. The fraction of sp³-hybridized carbons (Fsp3) is 0.600. The van der Waals surface area contributed by atoms with E-state index in [1.54, 1.807) is 0 Å². The normalized spacial score (nSPS) is 14.2. The molecule has 92 valence electrons. The topological polar surface area (TPSA) is 12.0 Å². The quantitative estimate of drug-likeness (QED) is 0.634. The lowest BCUT2D eigenvalue weighted by atomic mass is 10.1. The van der Waals surface area contributed by atoms with Gasteiger partial charge in [-0.15, -0.1) is 0 Å². The minimum absolute atomic E-state index is 0.465. The van der Waals surface area contributed by atoms with E-state index in [1.807, 2.05) is 0 Å². The van der Waals surface area contributed by atoms with Gasteiger partial charge in [0, 0.05) is 12.6 Å². The van der Waals surface area contributed by atoms with Gasteiger partial charge in [-0.3, -0.25) is 0 Å². The highest BCUT2D eigenvalue weighted by Gasteiger charge is 1.93. The molecule has 0 fully saturated rings. The van der Waals surface area contributed by atoms with Crippen molar-refractivity contribution in [3.63, 3.8) is 0 Å². The number of rotatable bonds is 7. The maximum atomic E-state index is 3.44. The van der Waals surface area contributed by atoms with Crippen molar-refractivity contribution < 1.29 is 0 Å². The highest BCUT2D eigenvalue weighted by atomic mass is 14.9. The molecule has 0 aromatic heterocycles. The second-order valence-corrected chi connectivity index (χ2v) is 4.59. The van der Waals surface area contributed by atoms with Crippen LogP contribution in [-0.4, -0.2) is 12.6 Å². The maximum absolute atomic E-state index is 3.44. The summed E-state index contributed by atoms with van der Waals surface area (Å²) in [7, 11) is 0. The Labute approximate surface area is 101 Å². The summed E-state index contributed by atoms with van der Waals surface area (Å²) >= 11 is 0. The lowest BCUT2D eigenvalue weighted by molar-refractivity contribution is 0.681. The molecule has 1 N–H and O–H groups in total. The van der Waals surface area contributed by atoms with Crippen LogP contribution in [0.1, 0.15) is 47.5 Å². The second kappa shape index (κ2) is 9.41. The third kappa shape index (κ3) is 9.72. The van der Waals surface area contributed by atoms with Gasteiger partial charge < -0.3 is 5.32 Å². The molecule has 0 radical (unpaired) electrons. The van der Waals surface area contributed by atoms with Gasteiger partial charge >= 0.3 is 0 Å². The molecule has 0 aliphatic carbocycles. The van der Waals surface area contributed by atoms with E-state index < -0.39 is 0 Å². The number of hydrogen-bond acceptors (Lipinski definition) is 1. The fourth-order valence-corrected chi connectivity index (χ4v) is 1.47. The average Bonchev–Trinajstić information content (AvgIpc) is 2.17. The maximum Gasteiger partial charge on any atom is 0.0224 e. The van der Waals surface area contributed by atoms with Crippen LogP contribution in [0, 0.1) is 0 Å². The number of hydrogen-bond donors (Lipinski definition) is 1. The van der Waals surface area contributed by atoms with Gasteiger partial charge in [0.15, 0.2) is 0 Å². The molecule has 0 aromatic rings. The molecule has 0 saturated carbocycles. The summed E-state index contributed by atoms with van der Waals surface area (Å²) in [5.74, 6) is 0. The summed E-state index contributed by atoms with van der Waals surface area (Å²) in [5.41, 5.74) is 2.88. The SMILES string of the molecule is C/C=C/C(C)NC/C=C(/C)CCC=C(C)C. The van der Waals surface area contributed by atoms with Crippen LogP contribution in [-0.2, 0) is 0 Å². The van der Waals surface area contributed by atoms with Crippen LogP contribution in [0.4, 0.5) is 0 Å². The van der Waals surface area contributed by atoms with Gasteiger partial charge in [0.1, 0.15) is 0 Å². The standard InChI is InChI=1S/C15H27N/c1-6-8-15(5)16-12-11-14(4)10-7-9-13(2)3/h6,8-9,11,15-16H,7,10,12H2,1-5H3/b8-6+,14-11-. The van der Waals surface area contributed by atoms with E-state index in [2.05, 4.69) is 64.2 Å². The third-order valence-electron chi connectivity index (χ3n) is 2.46. The Morgan fingerprint density at radius 3 is 2.44 bits per heavy atom. The molecule has 0 saturated heterocycles. The van der Waals surface area contributed by atoms with E-state index >= 15 is 0 Å². The Morgan fingerprint density at radius 2 is 1.88 bits per heavy atom. The smallest absolute Gasteiger partial charge is 0.0224 e. The Balaban J connectivity index is 3.74. The monoisotopic (exact) mass is 221 g/mol. The minimum atomic E-state index is 0.465. The largest absolute Gasteiger partial charge is 0.307 e. The van der Waals surface area contributed by atoms with E-state index in [0.29, 0.717) is 6.04 Å². The van der Waals surface area contributed by atoms with Crippen LogP contribution >= 0.6 is 0 Å². The number of allylic oxidation sites excluding steroid dienone is 4. The van der Waals surface area contributed by atoms with Gasteiger partial charge in [-0.2, -0.15) is 0 Å². The predicted octanol–water partition coefficient (Wildman–Crippen LogP) is 4.23. The molecule has 1 atom stereocenters. The van der Waals surface area contributed by atoms with Crippen LogP contribution in [0.2, 0.25) is 0 Å². The molecular weight excluding hydrogens is 194 g/mol. The van der Waals surface area contributed by atoms with E-state index in [0.717, 1.165) is 13.0 Å². The van der Waals surface area contributed by atoms with Crippen LogP contribution < -0.4 is 5.32 Å². The summed E-state index contributed by atoms with van der Waals surface area (Å²) in [4.78, 5) is 0. The van der Waals surface area contributed by atoms with Crippen LogP contribution in [0.5, 0.6) is 0 Å². The molecule has 0 heterocycles. The summed E-state index contributed by atoms with van der Waals surface area (Å²) in [6.45, 7) is 11.7. The van der Waals surface area contributed by atoms with Crippen molar-refractivity contribution in [2.45, 2.75) is 53.5 Å². The summed E-state index contributed by atoms with van der Waals surface area (Å²) < 4.78 is 0. The van der Waals surface area contributed by atoms with Crippen molar-refractivity contribution in [2.24, 2.45) is 0 Å². The summed E-state index contributed by atoms with van der Waals surface area (Å²) in [6, 6.07) is 0.465. The van der Waals surface area contributed by atoms with Crippen LogP contribution in [0.3, 0.4) is 0 Å². The lowest BCUT2D eigenvalue weighted by Crippen LogP contribution is -2.23. The van der Waals surface area contributed by atoms with Crippen molar-refractivity contribution in [1.29, 1.82) is 0 Å². The van der Waals surface area contributed by atoms with E-state index in [4.69, 9.17) is 0 Å². The van der Waals surface area contributed by atoms with Crippen LogP contribution in [0.25, 0.3) is 0 Å². The highest BCUT2D eigenvalue weighted by Crippen LogP contribution is 2.05. The van der Waals surface area contributed by atoms with Crippen molar-refractivity contribution in [2.75, 3.05) is 6.54 Å². The minimum Gasteiger partial charge on any atom is -0.307 e. The molecule has 0 rings (SSSR count). The zero-order valence-corrected chi connectivity index (χ0v) is 11.5.